The predicted molar refractivity (Wildman–Crippen MR) is 76.5 cm³/mol. The number of benzene rings is 1. The van der Waals surface area contributed by atoms with Gasteiger partial charge < -0.3 is 4.90 Å². The van der Waals surface area contributed by atoms with E-state index in [1.165, 1.54) is 6.07 Å². The van der Waals surface area contributed by atoms with Crippen LogP contribution in [0.3, 0.4) is 0 Å². The molecule has 1 aliphatic rings. The number of nitriles is 1. The number of sulfonamides is 1. The van der Waals surface area contributed by atoms with E-state index in [1.54, 1.807) is 6.07 Å². The molecule has 5 nitrogen and oxygen atoms in total. The van der Waals surface area contributed by atoms with Crippen LogP contribution in [-0.4, -0.2) is 39.0 Å². The van der Waals surface area contributed by atoms with E-state index in [1.807, 2.05) is 13.8 Å². The summed E-state index contributed by atoms with van der Waals surface area (Å²) in [6.07, 6.45) is 0. The van der Waals surface area contributed by atoms with E-state index >= 15 is 0 Å². The summed E-state index contributed by atoms with van der Waals surface area (Å²) < 4.78 is 40.6. The predicted octanol–water partition coefficient (Wildman–Crippen LogP) is 1.32. The number of likely N-dealkylation sites (N-methyl/N-ethyl adjacent to an activating group) is 1. The van der Waals surface area contributed by atoms with Crippen LogP contribution in [0.4, 0.5) is 4.39 Å². The first-order chi connectivity index (χ1) is 9.87. The van der Waals surface area contributed by atoms with Crippen molar-refractivity contribution in [1.29, 1.82) is 5.26 Å². The molecule has 1 aliphatic heterocycles. The topological polar surface area (TPSA) is 73.2 Å². The van der Waals surface area contributed by atoms with Crippen molar-refractivity contribution in [1.82, 2.24) is 9.62 Å². The summed E-state index contributed by atoms with van der Waals surface area (Å²) in [5.41, 5.74) is -0.271. The van der Waals surface area contributed by atoms with Gasteiger partial charge in [0.05, 0.1) is 10.5 Å². The largest absolute Gasteiger partial charge is 0.302 e. The van der Waals surface area contributed by atoms with Crippen molar-refractivity contribution in [3.63, 3.8) is 0 Å². The highest BCUT2D eigenvalue weighted by molar-refractivity contribution is 7.89. The quantitative estimate of drug-likeness (QED) is 0.910. The van der Waals surface area contributed by atoms with Crippen LogP contribution in [0.25, 0.3) is 0 Å². The smallest absolute Gasteiger partial charge is 0.240 e. The molecule has 2 atom stereocenters. The van der Waals surface area contributed by atoms with Crippen molar-refractivity contribution < 1.29 is 12.8 Å². The number of nitrogens with one attached hydrogen (secondary N) is 1. The summed E-state index contributed by atoms with van der Waals surface area (Å²) in [7, 11) is -3.75. The molecular weight excluding hydrogens is 293 g/mol. The van der Waals surface area contributed by atoms with Crippen molar-refractivity contribution in [2.24, 2.45) is 5.92 Å². The maximum Gasteiger partial charge on any atom is 0.240 e. The van der Waals surface area contributed by atoms with Gasteiger partial charge in [0, 0.05) is 19.1 Å². The highest BCUT2D eigenvalue weighted by Crippen LogP contribution is 2.20. The molecule has 2 rings (SSSR count). The number of nitrogens with zero attached hydrogens (tertiary/aromatic N) is 2. The first kappa shape index (κ1) is 15.9. The minimum atomic E-state index is -3.75. The van der Waals surface area contributed by atoms with Crippen molar-refractivity contribution in [2.45, 2.75) is 24.8 Å². The Bertz CT molecular complexity index is 669. The van der Waals surface area contributed by atoms with Gasteiger partial charge in [-0.15, -0.1) is 0 Å². The lowest BCUT2D eigenvalue weighted by Crippen LogP contribution is -2.39. The third-order valence-electron chi connectivity index (χ3n) is 3.81. The monoisotopic (exact) mass is 311 g/mol. The van der Waals surface area contributed by atoms with E-state index in [-0.39, 0.29) is 22.4 Å². The van der Waals surface area contributed by atoms with E-state index in [4.69, 9.17) is 5.26 Å². The number of rotatable bonds is 4. The molecule has 114 valence electrons. The lowest BCUT2D eigenvalue weighted by atomic mass is 10.1. The van der Waals surface area contributed by atoms with Gasteiger partial charge in [0.15, 0.2) is 0 Å². The number of hydrogen-bond donors (Lipinski definition) is 1. The van der Waals surface area contributed by atoms with Crippen molar-refractivity contribution >= 4 is 10.0 Å². The van der Waals surface area contributed by atoms with Gasteiger partial charge in [-0.25, -0.2) is 17.5 Å². The average molecular weight is 311 g/mol. The molecule has 1 aromatic carbocycles. The maximum atomic E-state index is 13.3. The van der Waals surface area contributed by atoms with Gasteiger partial charge in [0.2, 0.25) is 10.0 Å². The summed E-state index contributed by atoms with van der Waals surface area (Å²) in [5, 5.41) is 8.79. The average Bonchev–Trinajstić information content (AvgIpc) is 2.79. The van der Waals surface area contributed by atoms with Crippen LogP contribution in [0, 0.1) is 23.1 Å². The molecule has 0 amide bonds. The Labute approximate surface area is 124 Å². The Hall–Kier alpha value is -1.49. The fraction of sp³-hybridized carbons (Fsp3) is 0.500. The first-order valence-electron chi connectivity index (χ1n) is 6.81. The Morgan fingerprint density at radius 1 is 1.48 bits per heavy atom. The van der Waals surface area contributed by atoms with Crippen LogP contribution in [0.2, 0.25) is 0 Å². The van der Waals surface area contributed by atoms with Gasteiger partial charge in [-0.2, -0.15) is 5.26 Å². The van der Waals surface area contributed by atoms with Crippen molar-refractivity contribution in [3.05, 3.63) is 29.6 Å². The molecule has 0 aliphatic carbocycles. The zero-order valence-electron chi connectivity index (χ0n) is 12.0. The Morgan fingerprint density at radius 3 is 2.76 bits per heavy atom. The highest BCUT2D eigenvalue weighted by atomic mass is 32.2. The first-order valence-corrected chi connectivity index (χ1v) is 8.30. The lowest BCUT2D eigenvalue weighted by molar-refractivity contribution is 0.344. The minimum Gasteiger partial charge on any atom is -0.302 e. The molecule has 0 radical (unpaired) electrons. The van der Waals surface area contributed by atoms with Gasteiger partial charge in [0.1, 0.15) is 11.9 Å². The maximum absolute atomic E-state index is 13.3. The van der Waals surface area contributed by atoms with Crippen molar-refractivity contribution in [3.8, 4) is 6.07 Å². The molecule has 0 unspecified atom stereocenters. The van der Waals surface area contributed by atoms with Crippen LogP contribution in [-0.2, 0) is 10.0 Å². The summed E-state index contributed by atoms with van der Waals surface area (Å²) in [6.45, 7) is 6.40. The number of halogens is 1. The molecule has 1 aromatic rings. The minimum absolute atomic E-state index is 0.0809. The molecule has 0 spiro atoms. The number of hydrogen-bond acceptors (Lipinski definition) is 4. The van der Waals surface area contributed by atoms with Crippen LogP contribution in [0.5, 0.6) is 0 Å². The second kappa shape index (κ2) is 6.10. The van der Waals surface area contributed by atoms with Crippen LogP contribution >= 0.6 is 0 Å². The molecule has 21 heavy (non-hydrogen) atoms. The fourth-order valence-electron chi connectivity index (χ4n) is 2.50. The van der Waals surface area contributed by atoms with E-state index in [2.05, 4.69) is 9.62 Å². The highest BCUT2D eigenvalue weighted by Gasteiger charge is 2.32. The van der Waals surface area contributed by atoms with Crippen molar-refractivity contribution in [2.75, 3.05) is 19.6 Å². The second-order valence-electron chi connectivity index (χ2n) is 5.31. The fourth-order valence-corrected chi connectivity index (χ4v) is 3.87. The van der Waals surface area contributed by atoms with Gasteiger partial charge in [0.25, 0.3) is 0 Å². The third kappa shape index (κ3) is 3.40. The normalized spacial score (nSPS) is 23.1. The van der Waals surface area contributed by atoms with E-state index in [9.17, 15) is 12.8 Å². The zero-order chi connectivity index (χ0) is 15.6. The van der Waals surface area contributed by atoms with E-state index in [0.717, 1.165) is 25.2 Å². The Morgan fingerprint density at radius 2 is 2.19 bits per heavy atom. The Balaban J connectivity index is 2.21. The summed E-state index contributed by atoms with van der Waals surface area (Å²) in [4.78, 5) is 2.09. The molecule has 1 saturated heterocycles. The van der Waals surface area contributed by atoms with Gasteiger partial charge >= 0.3 is 0 Å². The van der Waals surface area contributed by atoms with Crippen LogP contribution in [0.15, 0.2) is 23.1 Å². The summed E-state index contributed by atoms with van der Waals surface area (Å²) in [5.74, 6) is -0.515. The Kier molecular flexibility index (Phi) is 4.61. The zero-order valence-corrected chi connectivity index (χ0v) is 12.8. The molecule has 0 bridgehead atoms. The SMILES string of the molecule is CCN1C[C@@H](C)[C@H](NS(=O)(=O)c2ccc(F)c(C#N)c2)C1. The van der Waals surface area contributed by atoms with Crippen LogP contribution in [0.1, 0.15) is 19.4 Å². The van der Waals surface area contributed by atoms with E-state index in [0.29, 0.717) is 6.54 Å². The third-order valence-corrected chi connectivity index (χ3v) is 5.30. The molecule has 0 saturated carbocycles. The lowest BCUT2D eigenvalue weighted by Gasteiger charge is -2.17. The summed E-state index contributed by atoms with van der Waals surface area (Å²) in [6, 6.07) is 4.72. The molecule has 1 N–H and O–H groups in total. The standard InChI is InChI=1S/C14H18FN3O2S/c1-3-18-8-10(2)14(9-18)17-21(19,20)12-4-5-13(15)11(6-12)7-16/h4-6,10,14,17H,3,8-9H2,1-2H3/t10-,14-/m1/s1. The molecule has 1 heterocycles. The van der Waals surface area contributed by atoms with Gasteiger partial charge in [-0.1, -0.05) is 13.8 Å². The molecule has 0 aromatic heterocycles. The van der Waals surface area contributed by atoms with Gasteiger partial charge in [-0.05, 0) is 30.7 Å². The van der Waals surface area contributed by atoms with Gasteiger partial charge in [-0.3, -0.25) is 0 Å². The molecule has 7 heteroatoms. The molecular formula is C14H18FN3O2S. The second-order valence-corrected chi connectivity index (χ2v) is 7.02. The number of likely N-dealkylation sites (tertiary alicyclic amines) is 1. The summed E-state index contributed by atoms with van der Waals surface area (Å²) >= 11 is 0. The van der Waals surface area contributed by atoms with Crippen LogP contribution < -0.4 is 4.72 Å². The molecule has 1 fully saturated rings. The van der Waals surface area contributed by atoms with E-state index < -0.39 is 15.8 Å².